The summed E-state index contributed by atoms with van der Waals surface area (Å²) >= 11 is 1.28. The Bertz CT molecular complexity index is 2410. The first kappa shape index (κ1) is 32.6. The van der Waals surface area contributed by atoms with E-state index in [1.165, 1.54) is 11.3 Å². The van der Waals surface area contributed by atoms with Gasteiger partial charge in [0.1, 0.15) is 12.4 Å². The van der Waals surface area contributed by atoms with E-state index in [0.29, 0.717) is 56.8 Å². The van der Waals surface area contributed by atoms with Crippen molar-refractivity contribution in [3.05, 3.63) is 163 Å². The second-order valence-corrected chi connectivity index (χ2v) is 12.8. The molecule has 0 fully saturated rings. The van der Waals surface area contributed by atoms with Gasteiger partial charge in [0, 0.05) is 5.69 Å². The molecule has 5 aromatic carbocycles. The van der Waals surface area contributed by atoms with E-state index in [1.807, 2.05) is 104 Å². The second kappa shape index (κ2) is 14.3. The molecule has 0 radical (unpaired) electrons. The molecule has 0 saturated carbocycles. The minimum absolute atomic E-state index is 0.250. The molecule has 0 spiro atoms. The zero-order valence-electron chi connectivity index (χ0n) is 27.9. The number of aromatic nitrogens is 1. The number of allylic oxidation sites excluding steroid dienone is 1. The number of fused-ring (bicyclic) bond motifs is 2. The van der Waals surface area contributed by atoms with E-state index in [-0.39, 0.29) is 11.5 Å². The number of benzene rings is 5. The van der Waals surface area contributed by atoms with Crippen LogP contribution in [-0.4, -0.2) is 24.2 Å². The average Bonchev–Trinajstić information content (AvgIpc) is 3.44. The van der Waals surface area contributed by atoms with Gasteiger partial charge in [-0.25, -0.2) is 4.99 Å². The number of carbonyl (C=O) groups is 1. The molecule has 8 nitrogen and oxygen atoms in total. The van der Waals surface area contributed by atoms with Gasteiger partial charge in [0.15, 0.2) is 16.3 Å². The topological polar surface area (TPSA) is 91.2 Å². The monoisotopic (exact) mass is 681 g/mol. The van der Waals surface area contributed by atoms with Gasteiger partial charge in [-0.15, -0.1) is 0 Å². The molecular formula is C41H35N3O5S. The van der Waals surface area contributed by atoms with E-state index < -0.39 is 6.04 Å². The average molecular weight is 682 g/mol. The number of nitrogens with zero attached hydrogens (tertiary/aromatic N) is 2. The smallest absolute Gasteiger partial charge is 0.271 e. The highest BCUT2D eigenvalue weighted by atomic mass is 32.1. The molecule has 1 aliphatic rings. The first-order valence-corrected chi connectivity index (χ1v) is 17.1. The van der Waals surface area contributed by atoms with Crippen LogP contribution in [0.5, 0.6) is 17.2 Å². The summed E-state index contributed by atoms with van der Waals surface area (Å²) in [5.74, 6) is 1.53. The van der Waals surface area contributed by atoms with Crippen molar-refractivity contribution in [1.82, 2.24) is 4.57 Å². The van der Waals surface area contributed by atoms with Gasteiger partial charge in [0.25, 0.3) is 11.5 Å². The maximum absolute atomic E-state index is 14.2. The lowest BCUT2D eigenvalue weighted by atomic mass is 9.95. The highest BCUT2D eigenvalue weighted by molar-refractivity contribution is 7.07. The van der Waals surface area contributed by atoms with Gasteiger partial charge in [-0.3, -0.25) is 14.2 Å². The lowest BCUT2D eigenvalue weighted by Gasteiger charge is -2.25. The number of hydrogen-bond donors (Lipinski definition) is 1. The van der Waals surface area contributed by atoms with Crippen molar-refractivity contribution in [3.63, 3.8) is 0 Å². The number of thiazole rings is 1. The summed E-state index contributed by atoms with van der Waals surface area (Å²) in [4.78, 5) is 33.4. The second-order valence-electron chi connectivity index (χ2n) is 11.7. The maximum atomic E-state index is 14.2. The number of hydrogen-bond acceptors (Lipinski definition) is 7. The Morgan fingerprint density at radius 2 is 1.66 bits per heavy atom. The molecule has 250 valence electrons. The first-order chi connectivity index (χ1) is 24.4. The van der Waals surface area contributed by atoms with Gasteiger partial charge in [-0.1, -0.05) is 90.2 Å². The van der Waals surface area contributed by atoms with Crippen LogP contribution in [0.25, 0.3) is 16.8 Å². The third kappa shape index (κ3) is 6.55. The van der Waals surface area contributed by atoms with Crippen molar-refractivity contribution in [2.45, 2.75) is 26.5 Å². The molecule has 1 amide bonds. The molecular weight excluding hydrogens is 647 g/mol. The van der Waals surface area contributed by atoms with Crippen LogP contribution < -0.4 is 34.4 Å². The predicted molar refractivity (Wildman–Crippen MR) is 198 cm³/mol. The summed E-state index contributed by atoms with van der Waals surface area (Å²) in [6.07, 6.45) is 1.82. The molecule has 1 aromatic heterocycles. The Hall–Kier alpha value is -5.93. The number of carbonyl (C=O) groups excluding carboxylic acids is 1. The lowest BCUT2D eigenvalue weighted by molar-refractivity contribution is -0.113. The zero-order valence-corrected chi connectivity index (χ0v) is 28.7. The Labute approximate surface area is 293 Å². The summed E-state index contributed by atoms with van der Waals surface area (Å²) in [7, 11) is 1.60. The molecule has 9 heteroatoms. The van der Waals surface area contributed by atoms with E-state index in [2.05, 4.69) is 29.6 Å². The molecule has 1 atom stereocenters. The highest BCUT2D eigenvalue weighted by Crippen LogP contribution is 2.33. The number of ether oxygens (including phenoxy) is 3. The van der Waals surface area contributed by atoms with Crippen molar-refractivity contribution in [2.24, 2.45) is 4.99 Å². The fraction of sp³-hybridized carbons (Fsp3) is 0.146. The molecule has 0 saturated heterocycles. The molecule has 0 unspecified atom stereocenters. The molecule has 1 aliphatic heterocycles. The van der Waals surface area contributed by atoms with E-state index >= 15 is 0 Å². The summed E-state index contributed by atoms with van der Waals surface area (Å²) in [5.41, 5.74) is 3.94. The van der Waals surface area contributed by atoms with Crippen LogP contribution in [0.2, 0.25) is 0 Å². The van der Waals surface area contributed by atoms with E-state index in [4.69, 9.17) is 19.2 Å². The van der Waals surface area contributed by atoms with Gasteiger partial charge in [-0.05, 0) is 83.8 Å². The number of nitrogens with one attached hydrogen (secondary N) is 1. The first-order valence-electron chi connectivity index (χ1n) is 16.3. The standard InChI is InChI=1S/C41H35N3O5S/c1-4-48-32-20-18-29(19-21-32)38-37(39(45)43-31-14-6-5-7-15-31)26(2)42-41-44(38)40(46)36(50-41)24-27-17-22-34(35(23-27)47-3)49-25-30-13-10-12-28-11-8-9-16-33(28)30/h5-24,38H,4,25H2,1-3H3,(H,43,45)/b36-24-/t38-/m1/s1. The molecule has 2 heterocycles. The van der Waals surface area contributed by atoms with Crippen LogP contribution in [0, 0.1) is 0 Å². The Balaban J connectivity index is 1.24. The van der Waals surface area contributed by atoms with Crippen LogP contribution >= 0.6 is 11.3 Å². The van der Waals surface area contributed by atoms with Crippen LogP contribution in [0.15, 0.2) is 136 Å². The van der Waals surface area contributed by atoms with Crippen LogP contribution in [0.1, 0.15) is 36.6 Å². The van der Waals surface area contributed by atoms with Crippen molar-refractivity contribution in [2.75, 3.05) is 19.0 Å². The van der Waals surface area contributed by atoms with E-state index in [1.54, 1.807) is 18.6 Å². The van der Waals surface area contributed by atoms with Gasteiger partial charge in [0.05, 0.1) is 35.6 Å². The van der Waals surface area contributed by atoms with Gasteiger partial charge in [-0.2, -0.15) is 0 Å². The lowest BCUT2D eigenvalue weighted by Crippen LogP contribution is -2.40. The van der Waals surface area contributed by atoms with Gasteiger partial charge >= 0.3 is 0 Å². The minimum Gasteiger partial charge on any atom is -0.494 e. The summed E-state index contributed by atoms with van der Waals surface area (Å²) in [5, 5.41) is 5.28. The van der Waals surface area contributed by atoms with Crippen molar-refractivity contribution < 1.29 is 19.0 Å². The SMILES string of the molecule is CCOc1ccc([C@@H]2C(C(=O)Nc3ccccc3)=C(C)N=c3s/c(=C\c4ccc(OCc5cccc6ccccc56)c(OC)c4)c(=O)n32)cc1. The minimum atomic E-state index is -0.702. The molecule has 6 aromatic rings. The summed E-state index contributed by atoms with van der Waals surface area (Å²) < 4.78 is 19.7. The Morgan fingerprint density at radius 1 is 0.900 bits per heavy atom. The van der Waals surface area contributed by atoms with E-state index in [9.17, 15) is 9.59 Å². The maximum Gasteiger partial charge on any atom is 0.271 e. The number of para-hydroxylation sites is 1. The fourth-order valence-electron chi connectivity index (χ4n) is 6.18. The molecule has 50 heavy (non-hydrogen) atoms. The quantitative estimate of drug-likeness (QED) is 0.168. The van der Waals surface area contributed by atoms with Crippen LogP contribution in [0.3, 0.4) is 0 Å². The number of anilines is 1. The third-order valence-electron chi connectivity index (χ3n) is 8.55. The number of rotatable bonds is 10. The molecule has 0 bridgehead atoms. The fourth-order valence-corrected chi connectivity index (χ4v) is 7.23. The van der Waals surface area contributed by atoms with Crippen LogP contribution in [0.4, 0.5) is 5.69 Å². The number of amides is 1. The zero-order chi connectivity index (χ0) is 34.6. The Morgan fingerprint density at radius 3 is 2.44 bits per heavy atom. The van der Waals surface area contributed by atoms with Gasteiger partial charge in [0.2, 0.25) is 0 Å². The number of methoxy groups -OCH3 is 1. The van der Waals surface area contributed by atoms with Gasteiger partial charge < -0.3 is 19.5 Å². The van der Waals surface area contributed by atoms with Crippen LogP contribution in [-0.2, 0) is 11.4 Å². The highest BCUT2D eigenvalue weighted by Gasteiger charge is 2.32. The van der Waals surface area contributed by atoms with E-state index in [0.717, 1.165) is 27.5 Å². The normalized spacial score (nSPS) is 14.2. The molecule has 7 rings (SSSR count). The summed E-state index contributed by atoms with van der Waals surface area (Å²) in [6, 6.07) is 36.0. The predicted octanol–water partition coefficient (Wildman–Crippen LogP) is 7.01. The Kier molecular flexibility index (Phi) is 9.31. The van der Waals surface area contributed by atoms with Crippen molar-refractivity contribution in [1.29, 1.82) is 0 Å². The summed E-state index contributed by atoms with van der Waals surface area (Å²) in [6.45, 7) is 4.63. The molecule has 1 N–H and O–H groups in total. The van der Waals surface area contributed by atoms with Crippen molar-refractivity contribution in [3.8, 4) is 17.2 Å². The largest absolute Gasteiger partial charge is 0.494 e. The third-order valence-corrected chi connectivity index (χ3v) is 9.54. The van der Waals surface area contributed by atoms with Crippen molar-refractivity contribution >= 4 is 39.8 Å². The molecule has 0 aliphatic carbocycles.